The summed E-state index contributed by atoms with van der Waals surface area (Å²) in [7, 11) is 2.11. The number of aromatic hydroxyl groups is 1. The molecule has 0 spiro atoms. The summed E-state index contributed by atoms with van der Waals surface area (Å²) in [5.41, 5.74) is 8.28. The monoisotopic (exact) mass is 470 g/mol. The molecule has 2 aliphatic heterocycles. The lowest BCUT2D eigenvalue weighted by atomic mass is 10.1. The molecule has 2 saturated heterocycles. The van der Waals surface area contributed by atoms with Gasteiger partial charge in [0.2, 0.25) is 5.82 Å². The maximum absolute atomic E-state index is 10.2. The molecule has 0 aliphatic carbocycles. The van der Waals surface area contributed by atoms with Crippen LogP contribution in [0.1, 0.15) is 25.1 Å². The minimum Gasteiger partial charge on any atom is -0.507 e. The SMILES string of the molecule is CN1CCC[C@@H]1C#Cc1nccc(N2CCCN(c3cc(-c4ccccc4O)nnc3N)CC2)n1. The maximum atomic E-state index is 10.2. The predicted molar refractivity (Wildman–Crippen MR) is 137 cm³/mol. The number of phenolic OH excluding ortho intramolecular Hbond substituents is 1. The summed E-state index contributed by atoms with van der Waals surface area (Å²) >= 11 is 0. The van der Waals surface area contributed by atoms with Crippen LogP contribution < -0.4 is 15.5 Å². The number of nitrogens with two attached hydrogens (primary N) is 1. The highest BCUT2D eigenvalue weighted by Crippen LogP contribution is 2.31. The number of nitrogen functional groups attached to an aromatic ring is 1. The second-order valence-corrected chi connectivity index (χ2v) is 8.99. The summed E-state index contributed by atoms with van der Waals surface area (Å²) in [4.78, 5) is 15.9. The van der Waals surface area contributed by atoms with Gasteiger partial charge in [-0.15, -0.1) is 10.2 Å². The van der Waals surface area contributed by atoms with E-state index in [0.717, 1.165) is 57.1 Å². The molecule has 9 nitrogen and oxygen atoms in total. The Bertz CT molecular complexity index is 1250. The second kappa shape index (κ2) is 10.2. The largest absolute Gasteiger partial charge is 0.507 e. The summed E-state index contributed by atoms with van der Waals surface area (Å²) in [5.74, 6) is 8.52. The van der Waals surface area contributed by atoms with Gasteiger partial charge in [-0.1, -0.05) is 18.1 Å². The molecule has 180 valence electrons. The first-order chi connectivity index (χ1) is 17.1. The highest BCUT2D eigenvalue weighted by molar-refractivity contribution is 5.74. The van der Waals surface area contributed by atoms with Crippen LogP contribution >= 0.6 is 0 Å². The van der Waals surface area contributed by atoms with Crippen molar-refractivity contribution in [3.05, 3.63) is 48.4 Å². The molecule has 1 atom stereocenters. The molecule has 0 radical (unpaired) electrons. The van der Waals surface area contributed by atoms with Gasteiger partial charge in [0.25, 0.3) is 0 Å². The molecule has 0 bridgehead atoms. The van der Waals surface area contributed by atoms with Gasteiger partial charge in [0.1, 0.15) is 11.6 Å². The Kier molecular flexibility index (Phi) is 6.64. The Morgan fingerprint density at radius 1 is 1.00 bits per heavy atom. The standard InChI is InChI=1S/C26H30N8O/c1-32-13-4-6-19(32)9-10-24-28-12-11-25(29-24)34-15-5-14-33(16-17-34)22-18-21(30-31-26(22)27)20-7-2-3-8-23(20)35/h2-3,7-8,11-12,18-19,35H,4-6,13-17H2,1H3,(H2,27,31)/t19-/m1/s1. The lowest BCUT2D eigenvalue weighted by Crippen LogP contribution is -2.31. The molecule has 0 saturated carbocycles. The lowest BCUT2D eigenvalue weighted by molar-refractivity contribution is 0.365. The van der Waals surface area contributed by atoms with Crippen LogP contribution in [0.3, 0.4) is 0 Å². The van der Waals surface area contributed by atoms with Gasteiger partial charge in [-0.05, 0) is 63.0 Å². The van der Waals surface area contributed by atoms with Crippen molar-refractivity contribution < 1.29 is 5.11 Å². The van der Waals surface area contributed by atoms with Crippen LogP contribution in [-0.2, 0) is 0 Å². The zero-order valence-corrected chi connectivity index (χ0v) is 19.9. The minimum atomic E-state index is 0.168. The maximum Gasteiger partial charge on any atom is 0.206 e. The van der Waals surface area contributed by atoms with E-state index in [4.69, 9.17) is 10.7 Å². The number of aromatic nitrogens is 4. The van der Waals surface area contributed by atoms with Gasteiger partial charge in [0.15, 0.2) is 5.82 Å². The van der Waals surface area contributed by atoms with Crippen molar-refractivity contribution in [2.24, 2.45) is 0 Å². The van der Waals surface area contributed by atoms with E-state index in [1.807, 2.05) is 24.3 Å². The first kappa shape index (κ1) is 22.9. The van der Waals surface area contributed by atoms with Crippen LogP contribution in [0.2, 0.25) is 0 Å². The third-order valence-electron chi connectivity index (χ3n) is 6.65. The highest BCUT2D eigenvalue weighted by Gasteiger charge is 2.21. The van der Waals surface area contributed by atoms with Crippen molar-refractivity contribution in [2.45, 2.75) is 25.3 Å². The quantitative estimate of drug-likeness (QED) is 0.558. The van der Waals surface area contributed by atoms with Crippen molar-refractivity contribution in [1.82, 2.24) is 25.1 Å². The van der Waals surface area contributed by atoms with E-state index in [1.54, 1.807) is 18.3 Å². The summed E-state index contributed by atoms with van der Waals surface area (Å²) in [6.07, 6.45) is 5.01. The van der Waals surface area contributed by atoms with E-state index >= 15 is 0 Å². The van der Waals surface area contributed by atoms with Crippen molar-refractivity contribution in [2.75, 3.05) is 55.3 Å². The summed E-state index contributed by atoms with van der Waals surface area (Å²) in [5, 5.41) is 18.6. The molecule has 0 unspecified atom stereocenters. The Hall–Kier alpha value is -3.90. The summed E-state index contributed by atoms with van der Waals surface area (Å²) < 4.78 is 0. The number of hydrogen-bond acceptors (Lipinski definition) is 9. The fourth-order valence-corrected chi connectivity index (χ4v) is 4.68. The molecule has 2 aromatic heterocycles. The minimum absolute atomic E-state index is 0.168. The summed E-state index contributed by atoms with van der Waals surface area (Å²) in [6, 6.07) is 11.3. The molecule has 5 rings (SSSR count). The van der Waals surface area contributed by atoms with Crippen LogP contribution in [0, 0.1) is 11.8 Å². The first-order valence-corrected chi connectivity index (χ1v) is 12.0. The average Bonchev–Trinajstić information content (AvgIpc) is 3.13. The zero-order valence-electron chi connectivity index (χ0n) is 19.9. The average molecular weight is 471 g/mol. The number of nitrogens with zero attached hydrogens (tertiary/aromatic N) is 7. The van der Waals surface area contributed by atoms with Gasteiger partial charge in [-0.3, -0.25) is 4.90 Å². The van der Waals surface area contributed by atoms with E-state index in [9.17, 15) is 5.11 Å². The number of benzene rings is 1. The second-order valence-electron chi connectivity index (χ2n) is 8.99. The van der Waals surface area contributed by atoms with Crippen LogP contribution in [0.25, 0.3) is 11.3 Å². The van der Waals surface area contributed by atoms with E-state index in [-0.39, 0.29) is 11.8 Å². The van der Waals surface area contributed by atoms with Gasteiger partial charge in [-0.2, -0.15) is 0 Å². The van der Waals surface area contributed by atoms with Crippen LogP contribution in [0.5, 0.6) is 5.75 Å². The topological polar surface area (TPSA) is 108 Å². The van der Waals surface area contributed by atoms with Crippen molar-refractivity contribution in [3.63, 3.8) is 0 Å². The summed E-state index contributed by atoms with van der Waals surface area (Å²) in [6.45, 7) is 4.34. The van der Waals surface area contributed by atoms with Crippen LogP contribution in [-0.4, -0.2) is 76.0 Å². The molecule has 35 heavy (non-hydrogen) atoms. The number of likely N-dealkylation sites (tertiary alicyclic amines) is 1. The van der Waals surface area contributed by atoms with Gasteiger partial charge in [0, 0.05) is 37.9 Å². The third-order valence-corrected chi connectivity index (χ3v) is 6.65. The lowest BCUT2D eigenvalue weighted by Gasteiger charge is -2.25. The normalized spacial score (nSPS) is 18.7. The van der Waals surface area contributed by atoms with Gasteiger partial charge in [-0.25, -0.2) is 9.97 Å². The molecular formula is C26H30N8O. The van der Waals surface area contributed by atoms with E-state index in [2.05, 4.69) is 48.8 Å². The van der Waals surface area contributed by atoms with Crippen molar-refractivity contribution >= 4 is 17.3 Å². The fourth-order valence-electron chi connectivity index (χ4n) is 4.68. The Morgan fingerprint density at radius 2 is 1.83 bits per heavy atom. The fraction of sp³-hybridized carbons (Fsp3) is 0.385. The molecule has 3 N–H and O–H groups in total. The smallest absolute Gasteiger partial charge is 0.206 e. The third kappa shape index (κ3) is 5.12. The number of hydrogen-bond donors (Lipinski definition) is 2. The van der Waals surface area contributed by atoms with E-state index in [1.165, 1.54) is 6.42 Å². The first-order valence-electron chi connectivity index (χ1n) is 12.0. The van der Waals surface area contributed by atoms with E-state index in [0.29, 0.717) is 22.9 Å². The van der Waals surface area contributed by atoms with Gasteiger partial charge in [0.05, 0.1) is 17.4 Å². The Morgan fingerprint density at radius 3 is 2.66 bits per heavy atom. The molecule has 3 aromatic rings. The van der Waals surface area contributed by atoms with Crippen LogP contribution in [0.4, 0.5) is 17.3 Å². The molecule has 4 heterocycles. The Balaban J connectivity index is 1.31. The molecular weight excluding hydrogens is 440 g/mol. The number of anilines is 3. The zero-order chi connectivity index (χ0) is 24.2. The van der Waals surface area contributed by atoms with Gasteiger partial charge < -0.3 is 20.6 Å². The number of rotatable bonds is 3. The predicted octanol–water partition coefficient (Wildman–Crippen LogP) is 2.38. The van der Waals surface area contributed by atoms with Crippen LogP contribution in [0.15, 0.2) is 42.6 Å². The molecule has 2 aliphatic rings. The molecule has 9 heteroatoms. The van der Waals surface area contributed by atoms with Gasteiger partial charge >= 0.3 is 0 Å². The van der Waals surface area contributed by atoms with E-state index < -0.39 is 0 Å². The van der Waals surface area contributed by atoms with Crippen molar-refractivity contribution in [3.8, 4) is 28.8 Å². The Labute approximate surface area is 205 Å². The number of para-hydroxylation sites is 1. The molecule has 0 amide bonds. The molecule has 1 aromatic carbocycles. The van der Waals surface area contributed by atoms with Crippen molar-refractivity contribution in [1.29, 1.82) is 0 Å². The highest BCUT2D eigenvalue weighted by atomic mass is 16.3. The number of phenols is 1. The molecule has 2 fully saturated rings.